The molecular weight excluding hydrogens is 292 g/mol. The van der Waals surface area contributed by atoms with Gasteiger partial charge in [-0.1, -0.05) is 11.8 Å². The van der Waals surface area contributed by atoms with E-state index in [1.54, 1.807) is 11.8 Å². The molecular formula is C13H22N4O3S. The van der Waals surface area contributed by atoms with E-state index in [0.29, 0.717) is 6.79 Å². The Kier molecular flexibility index (Phi) is 5.34. The minimum absolute atomic E-state index is 0.248. The zero-order chi connectivity index (χ0) is 14.5. The zero-order valence-corrected chi connectivity index (χ0v) is 13.2. The highest BCUT2D eigenvalue weighted by atomic mass is 32.2. The van der Waals surface area contributed by atoms with Crippen molar-refractivity contribution in [2.75, 3.05) is 50.4 Å². The fraction of sp³-hybridized carbons (Fsp3) is 0.846. The Morgan fingerprint density at radius 2 is 2.05 bits per heavy atom. The monoisotopic (exact) mass is 314 g/mol. The van der Waals surface area contributed by atoms with E-state index in [0.717, 1.165) is 62.7 Å². The van der Waals surface area contributed by atoms with Gasteiger partial charge in [0.15, 0.2) is 5.16 Å². The van der Waals surface area contributed by atoms with E-state index in [2.05, 4.69) is 26.6 Å². The average Bonchev–Trinajstić information content (AvgIpc) is 2.97. The third-order valence-electron chi connectivity index (χ3n) is 3.68. The number of ether oxygens (including phenoxy) is 3. The fourth-order valence-electron chi connectivity index (χ4n) is 2.46. The van der Waals surface area contributed by atoms with Crippen LogP contribution in [0.1, 0.15) is 13.3 Å². The van der Waals surface area contributed by atoms with E-state index in [4.69, 9.17) is 14.2 Å². The number of morpholine rings is 1. The topological polar surface area (TPSA) is 61.6 Å². The molecule has 7 nitrogen and oxygen atoms in total. The van der Waals surface area contributed by atoms with Gasteiger partial charge in [-0.2, -0.15) is 0 Å². The lowest BCUT2D eigenvalue weighted by atomic mass is 10.3. The number of rotatable bonds is 5. The van der Waals surface area contributed by atoms with Crippen LogP contribution in [0.2, 0.25) is 0 Å². The van der Waals surface area contributed by atoms with Crippen molar-refractivity contribution < 1.29 is 14.2 Å². The number of anilines is 1. The summed E-state index contributed by atoms with van der Waals surface area (Å²) in [6, 6.07) is 0. The van der Waals surface area contributed by atoms with Crippen LogP contribution in [-0.4, -0.2) is 66.3 Å². The summed E-state index contributed by atoms with van der Waals surface area (Å²) < 4.78 is 18.3. The molecule has 1 aromatic rings. The second-order valence-corrected chi connectivity index (χ2v) is 6.03. The Morgan fingerprint density at radius 3 is 2.76 bits per heavy atom. The maximum absolute atomic E-state index is 5.57. The molecule has 118 valence electrons. The number of nitrogens with zero attached hydrogens (tertiary/aromatic N) is 4. The molecule has 1 aromatic heterocycles. The molecule has 0 radical (unpaired) electrons. The Morgan fingerprint density at radius 1 is 1.19 bits per heavy atom. The number of hydrogen-bond acceptors (Lipinski definition) is 7. The van der Waals surface area contributed by atoms with E-state index >= 15 is 0 Å². The summed E-state index contributed by atoms with van der Waals surface area (Å²) in [7, 11) is 0. The fourth-order valence-corrected chi connectivity index (χ4v) is 3.53. The highest BCUT2D eigenvalue weighted by Crippen LogP contribution is 2.24. The van der Waals surface area contributed by atoms with Crippen LogP contribution in [0.25, 0.3) is 0 Å². The van der Waals surface area contributed by atoms with Crippen LogP contribution in [-0.2, 0) is 20.8 Å². The summed E-state index contributed by atoms with van der Waals surface area (Å²) in [5.41, 5.74) is 0. The largest absolute Gasteiger partial charge is 0.378 e. The Balaban J connectivity index is 1.63. The van der Waals surface area contributed by atoms with Gasteiger partial charge >= 0.3 is 0 Å². The van der Waals surface area contributed by atoms with Gasteiger partial charge in [-0.3, -0.25) is 4.57 Å². The van der Waals surface area contributed by atoms with Gasteiger partial charge in [0.25, 0.3) is 0 Å². The standard InChI is InChI=1S/C13H22N4O3S/c1-2-17-12(16-4-7-18-8-5-16)14-15-13(17)21-9-11-3-6-19-10-20-11/h11H,2-10H2,1H3/t11-/m0/s1. The van der Waals surface area contributed by atoms with Gasteiger partial charge in [-0.25, -0.2) is 0 Å². The Labute approximate surface area is 128 Å². The molecule has 0 N–H and O–H groups in total. The number of hydrogen-bond donors (Lipinski definition) is 0. The third kappa shape index (κ3) is 3.68. The lowest BCUT2D eigenvalue weighted by Crippen LogP contribution is -2.38. The van der Waals surface area contributed by atoms with Gasteiger partial charge in [0.05, 0.1) is 25.9 Å². The summed E-state index contributed by atoms with van der Waals surface area (Å²) in [4.78, 5) is 2.25. The minimum Gasteiger partial charge on any atom is -0.378 e. The van der Waals surface area contributed by atoms with Gasteiger partial charge in [0, 0.05) is 25.4 Å². The van der Waals surface area contributed by atoms with Crippen molar-refractivity contribution >= 4 is 17.7 Å². The molecule has 0 aromatic carbocycles. The van der Waals surface area contributed by atoms with Crippen molar-refractivity contribution in [3.8, 4) is 0 Å². The lowest BCUT2D eigenvalue weighted by Gasteiger charge is -2.27. The van der Waals surface area contributed by atoms with Crippen molar-refractivity contribution in [2.45, 2.75) is 31.1 Å². The van der Waals surface area contributed by atoms with Crippen molar-refractivity contribution in [1.29, 1.82) is 0 Å². The first-order valence-corrected chi connectivity index (χ1v) is 8.45. The van der Waals surface area contributed by atoms with E-state index < -0.39 is 0 Å². The highest BCUT2D eigenvalue weighted by molar-refractivity contribution is 7.99. The smallest absolute Gasteiger partial charge is 0.228 e. The normalized spacial score (nSPS) is 23.5. The van der Waals surface area contributed by atoms with Crippen LogP contribution >= 0.6 is 11.8 Å². The molecule has 0 unspecified atom stereocenters. The molecule has 3 rings (SSSR count). The Bertz CT molecular complexity index is 445. The van der Waals surface area contributed by atoms with Crippen LogP contribution < -0.4 is 4.90 Å². The first-order chi connectivity index (χ1) is 10.4. The molecule has 2 aliphatic rings. The molecule has 2 aliphatic heterocycles. The van der Waals surface area contributed by atoms with Crippen LogP contribution in [0.5, 0.6) is 0 Å². The highest BCUT2D eigenvalue weighted by Gasteiger charge is 2.21. The lowest BCUT2D eigenvalue weighted by molar-refractivity contribution is -0.130. The molecule has 0 amide bonds. The number of aromatic nitrogens is 3. The Hall–Kier alpha value is -0.830. The molecule has 2 fully saturated rings. The van der Waals surface area contributed by atoms with Crippen molar-refractivity contribution in [1.82, 2.24) is 14.8 Å². The predicted octanol–water partition coefficient (Wildman–Crippen LogP) is 0.990. The first kappa shape index (κ1) is 15.1. The SMILES string of the molecule is CCn1c(SC[C@@H]2CCOCO2)nnc1N1CCOCC1. The summed E-state index contributed by atoms with van der Waals surface area (Å²) in [5.74, 6) is 1.85. The van der Waals surface area contributed by atoms with Crippen LogP contribution in [0.4, 0.5) is 5.95 Å². The van der Waals surface area contributed by atoms with Gasteiger partial charge in [0.2, 0.25) is 5.95 Å². The zero-order valence-electron chi connectivity index (χ0n) is 12.4. The van der Waals surface area contributed by atoms with Crippen molar-refractivity contribution in [3.05, 3.63) is 0 Å². The maximum Gasteiger partial charge on any atom is 0.228 e. The average molecular weight is 314 g/mol. The van der Waals surface area contributed by atoms with Gasteiger partial charge in [0.1, 0.15) is 6.79 Å². The number of thioether (sulfide) groups is 1. The summed E-state index contributed by atoms with van der Waals surface area (Å²) in [5, 5.41) is 9.69. The second kappa shape index (κ2) is 7.44. The summed E-state index contributed by atoms with van der Waals surface area (Å²) >= 11 is 1.71. The first-order valence-electron chi connectivity index (χ1n) is 7.46. The van der Waals surface area contributed by atoms with Gasteiger partial charge < -0.3 is 19.1 Å². The van der Waals surface area contributed by atoms with E-state index in [-0.39, 0.29) is 6.10 Å². The van der Waals surface area contributed by atoms with Gasteiger partial charge in [-0.15, -0.1) is 10.2 Å². The van der Waals surface area contributed by atoms with Crippen molar-refractivity contribution in [3.63, 3.8) is 0 Å². The third-order valence-corrected chi connectivity index (χ3v) is 4.78. The van der Waals surface area contributed by atoms with Crippen LogP contribution in [0.3, 0.4) is 0 Å². The molecule has 0 saturated carbocycles. The molecule has 21 heavy (non-hydrogen) atoms. The molecule has 2 saturated heterocycles. The molecule has 0 bridgehead atoms. The van der Waals surface area contributed by atoms with E-state index in [1.807, 2.05) is 0 Å². The molecule has 1 atom stereocenters. The van der Waals surface area contributed by atoms with Crippen LogP contribution in [0.15, 0.2) is 5.16 Å². The second-order valence-electron chi connectivity index (χ2n) is 5.04. The van der Waals surface area contributed by atoms with Gasteiger partial charge in [-0.05, 0) is 13.3 Å². The quantitative estimate of drug-likeness (QED) is 0.751. The summed E-state index contributed by atoms with van der Waals surface area (Å²) in [6.07, 6.45) is 1.20. The predicted molar refractivity (Wildman–Crippen MR) is 79.8 cm³/mol. The summed E-state index contributed by atoms with van der Waals surface area (Å²) in [6.45, 7) is 7.47. The maximum atomic E-state index is 5.57. The van der Waals surface area contributed by atoms with E-state index in [9.17, 15) is 0 Å². The molecule has 0 spiro atoms. The minimum atomic E-state index is 0.248. The van der Waals surface area contributed by atoms with Crippen LogP contribution in [0, 0.1) is 0 Å². The van der Waals surface area contributed by atoms with Crippen molar-refractivity contribution in [2.24, 2.45) is 0 Å². The molecule has 0 aliphatic carbocycles. The van der Waals surface area contributed by atoms with E-state index in [1.165, 1.54) is 0 Å². The molecule has 3 heterocycles. The molecule has 8 heteroatoms.